The molecule has 0 unspecified atom stereocenters. The highest BCUT2D eigenvalue weighted by molar-refractivity contribution is 5.41. The second-order valence-corrected chi connectivity index (χ2v) is 5.75. The van der Waals surface area contributed by atoms with Gasteiger partial charge in [-0.05, 0) is 61.9 Å². The van der Waals surface area contributed by atoms with Crippen molar-refractivity contribution < 1.29 is 9.13 Å². The molecule has 1 aromatic carbocycles. The molecule has 106 valence electrons. The Hall–Kier alpha value is -1.09. The molecule has 0 aromatic heterocycles. The minimum Gasteiger partial charge on any atom is -0.496 e. The summed E-state index contributed by atoms with van der Waals surface area (Å²) in [6, 6.07) is 3.71. The van der Waals surface area contributed by atoms with Crippen LogP contribution in [-0.2, 0) is 6.42 Å². The molecule has 0 aliphatic carbocycles. The third-order valence-electron chi connectivity index (χ3n) is 3.93. The molecule has 0 bridgehead atoms. The number of halogens is 1. The van der Waals surface area contributed by atoms with Gasteiger partial charge in [0.15, 0.2) is 0 Å². The van der Waals surface area contributed by atoms with E-state index < -0.39 is 0 Å². The molecule has 3 heteroatoms. The Kier molecular flexibility index (Phi) is 4.81. The molecule has 1 fully saturated rings. The molecule has 0 spiro atoms. The zero-order chi connectivity index (χ0) is 13.8. The summed E-state index contributed by atoms with van der Waals surface area (Å²) in [4.78, 5) is 0. The predicted octanol–water partition coefficient (Wildman–Crippen LogP) is 3.50. The van der Waals surface area contributed by atoms with Gasteiger partial charge in [-0.3, -0.25) is 0 Å². The van der Waals surface area contributed by atoms with Gasteiger partial charge in [-0.25, -0.2) is 4.39 Å². The van der Waals surface area contributed by atoms with Gasteiger partial charge in [-0.1, -0.05) is 13.8 Å². The van der Waals surface area contributed by atoms with Gasteiger partial charge in [0.1, 0.15) is 11.6 Å². The summed E-state index contributed by atoms with van der Waals surface area (Å²) < 4.78 is 19.6. The molecule has 1 heterocycles. The van der Waals surface area contributed by atoms with E-state index >= 15 is 0 Å². The van der Waals surface area contributed by atoms with Gasteiger partial charge in [0.05, 0.1) is 7.11 Å². The third-order valence-corrected chi connectivity index (χ3v) is 3.93. The van der Waals surface area contributed by atoms with Gasteiger partial charge in [-0.15, -0.1) is 0 Å². The van der Waals surface area contributed by atoms with E-state index in [-0.39, 0.29) is 11.7 Å². The van der Waals surface area contributed by atoms with Crippen molar-refractivity contribution in [2.75, 3.05) is 20.2 Å². The molecule has 0 atom stereocenters. The molecule has 1 aliphatic rings. The molecule has 0 radical (unpaired) electrons. The topological polar surface area (TPSA) is 21.3 Å². The summed E-state index contributed by atoms with van der Waals surface area (Å²) in [6.07, 6.45) is 3.30. The minimum atomic E-state index is -0.127. The highest BCUT2D eigenvalue weighted by Gasteiger charge is 2.18. The van der Waals surface area contributed by atoms with E-state index in [1.165, 1.54) is 12.8 Å². The molecule has 1 N–H and O–H groups in total. The van der Waals surface area contributed by atoms with Crippen LogP contribution >= 0.6 is 0 Å². The second kappa shape index (κ2) is 6.38. The summed E-state index contributed by atoms with van der Waals surface area (Å²) in [5, 5.41) is 3.36. The van der Waals surface area contributed by atoms with Gasteiger partial charge in [0, 0.05) is 5.56 Å². The lowest BCUT2D eigenvalue weighted by Crippen LogP contribution is -2.28. The molecular formula is C16H24FNO. The van der Waals surface area contributed by atoms with Crippen LogP contribution in [0.15, 0.2) is 12.1 Å². The van der Waals surface area contributed by atoms with Crippen LogP contribution in [0.25, 0.3) is 0 Å². The van der Waals surface area contributed by atoms with Crippen LogP contribution in [0.4, 0.5) is 4.39 Å². The largest absolute Gasteiger partial charge is 0.496 e. The van der Waals surface area contributed by atoms with Crippen LogP contribution in [0.5, 0.6) is 5.75 Å². The average Bonchev–Trinajstić information content (AvgIpc) is 2.38. The summed E-state index contributed by atoms with van der Waals surface area (Å²) in [7, 11) is 1.62. The zero-order valence-electron chi connectivity index (χ0n) is 12.1. The SMILES string of the molecule is COc1cc(CC2CCNCC2)cc(F)c1C(C)C. The van der Waals surface area contributed by atoms with E-state index in [0.29, 0.717) is 17.2 Å². The summed E-state index contributed by atoms with van der Waals surface area (Å²) in [5.41, 5.74) is 1.75. The Labute approximate surface area is 115 Å². The van der Waals surface area contributed by atoms with Crippen molar-refractivity contribution in [2.24, 2.45) is 5.92 Å². The summed E-state index contributed by atoms with van der Waals surface area (Å²) >= 11 is 0. The summed E-state index contributed by atoms with van der Waals surface area (Å²) in [6.45, 7) is 6.14. The molecule has 19 heavy (non-hydrogen) atoms. The van der Waals surface area contributed by atoms with E-state index in [9.17, 15) is 4.39 Å². The van der Waals surface area contributed by atoms with E-state index in [2.05, 4.69) is 5.32 Å². The zero-order valence-corrected chi connectivity index (χ0v) is 12.1. The van der Waals surface area contributed by atoms with Crippen LogP contribution in [0.3, 0.4) is 0 Å². The maximum absolute atomic E-state index is 14.2. The quantitative estimate of drug-likeness (QED) is 0.899. The molecule has 1 aliphatic heterocycles. The van der Waals surface area contributed by atoms with Crippen LogP contribution in [0.2, 0.25) is 0 Å². The first-order valence-electron chi connectivity index (χ1n) is 7.18. The predicted molar refractivity (Wildman–Crippen MR) is 76.3 cm³/mol. The standard InChI is InChI=1S/C16H24FNO/c1-11(2)16-14(17)9-13(10-15(16)19-3)8-12-4-6-18-7-5-12/h9-12,18H,4-8H2,1-3H3. The third kappa shape index (κ3) is 3.47. The molecular weight excluding hydrogens is 241 g/mol. The molecule has 2 nitrogen and oxygen atoms in total. The summed E-state index contributed by atoms with van der Waals surface area (Å²) in [5.74, 6) is 1.37. The lowest BCUT2D eigenvalue weighted by molar-refractivity contribution is 0.369. The van der Waals surface area contributed by atoms with Crippen LogP contribution in [0.1, 0.15) is 43.7 Å². The first kappa shape index (κ1) is 14.3. The van der Waals surface area contributed by atoms with E-state index in [1.54, 1.807) is 13.2 Å². The normalized spacial score (nSPS) is 16.9. The van der Waals surface area contributed by atoms with Crippen molar-refractivity contribution in [3.63, 3.8) is 0 Å². The highest BCUT2D eigenvalue weighted by Crippen LogP contribution is 2.31. The number of methoxy groups -OCH3 is 1. The van der Waals surface area contributed by atoms with Crippen LogP contribution in [0, 0.1) is 11.7 Å². The lowest BCUT2D eigenvalue weighted by atomic mass is 9.89. The van der Waals surface area contributed by atoms with E-state index in [0.717, 1.165) is 25.1 Å². The molecule has 2 rings (SSSR count). The fourth-order valence-electron chi connectivity index (χ4n) is 2.91. The van der Waals surface area contributed by atoms with Crippen molar-refractivity contribution >= 4 is 0 Å². The van der Waals surface area contributed by atoms with Crippen molar-refractivity contribution in [1.82, 2.24) is 5.32 Å². The maximum Gasteiger partial charge on any atom is 0.130 e. The van der Waals surface area contributed by atoms with Crippen molar-refractivity contribution in [1.29, 1.82) is 0 Å². The number of hydrogen-bond acceptors (Lipinski definition) is 2. The fourth-order valence-corrected chi connectivity index (χ4v) is 2.91. The van der Waals surface area contributed by atoms with Gasteiger partial charge >= 0.3 is 0 Å². The maximum atomic E-state index is 14.2. The second-order valence-electron chi connectivity index (χ2n) is 5.75. The van der Waals surface area contributed by atoms with Gasteiger partial charge in [0.25, 0.3) is 0 Å². The van der Waals surface area contributed by atoms with Gasteiger partial charge in [0.2, 0.25) is 0 Å². The Bertz CT molecular complexity index is 425. The Balaban J connectivity index is 2.19. The number of ether oxygens (including phenoxy) is 1. The monoisotopic (exact) mass is 265 g/mol. The van der Waals surface area contributed by atoms with Crippen molar-refractivity contribution in [2.45, 2.75) is 39.0 Å². The Morgan fingerprint density at radius 1 is 1.32 bits per heavy atom. The number of piperidine rings is 1. The smallest absolute Gasteiger partial charge is 0.130 e. The van der Waals surface area contributed by atoms with E-state index in [1.807, 2.05) is 19.9 Å². The Morgan fingerprint density at radius 2 is 2.00 bits per heavy atom. The minimum absolute atomic E-state index is 0.127. The first-order valence-corrected chi connectivity index (χ1v) is 7.18. The first-order chi connectivity index (χ1) is 9.11. The molecule has 0 amide bonds. The van der Waals surface area contributed by atoms with E-state index in [4.69, 9.17) is 4.74 Å². The van der Waals surface area contributed by atoms with Crippen molar-refractivity contribution in [3.8, 4) is 5.75 Å². The van der Waals surface area contributed by atoms with Crippen molar-refractivity contribution in [3.05, 3.63) is 29.1 Å². The fraction of sp³-hybridized carbons (Fsp3) is 0.625. The highest BCUT2D eigenvalue weighted by atomic mass is 19.1. The number of rotatable bonds is 4. The number of nitrogens with one attached hydrogen (secondary N) is 1. The van der Waals surface area contributed by atoms with Gasteiger partial charge in [-0.2, -0.15) is 0 Å². The molecule has 0 saturated carbocycles. The van der Waals surface area contributed by atoms with Crippen LogP contribution in [-0.4, -0.2) is 20.2 Å². The number of hydrogen-bond donors (Lipinski definition) is 1. The molecule has 1 saturated heterocycles. The van der Waals surface area contributed by atoms with Gasteiger partial charge < -0.3 is 10.1 Å². The average molecular weight is 265 g/mol. The molecule has 1 aromatic rings. The van der Waals surface area contributed by atoms with Crippen LogP contribution < -0.4 is 10.1 Å². The number of benzene rings is 1. The lowest BCUT2D eigenvalue weighted by Gasteiger charge is -2.23. The Morgan fingerprint density at radius 3 is 2.58 bits per heavy atom.